The van der Waals surface area contributed by atoms with Crippen LogP contribution in [0, 0.1) is 6.92 Å². The molecule has 0 aliphatic rings. The lowest BCUT2D eigenvalue weighted by atomic mass is 10.4. The minimum absolute atomic E-state index is 0.124. The van der Waals surface area contributed by atoms with Crippen molar-refractivity contribution in [3.8, 4) is 0 Å². The molecule has 1 aromatic heterocycles. The minimum atomic E-state index is -3.84. The van der Waals surface area contributed by atoms with E-state index in [1.807, 2.05) is 6.92 Å². The van der Waals surface area contributed by atoms with Crippen LogP contribution in [-0.4, -0.2) is 39.3 Å². The van der Waals surface area contributed by atoms with Gasteiger partial charge in [-0.1, -0.05) is 6.92 Å². The Labute approximate surface area is 122 Å². The van der Waals surface area contributed by atoms with Crippen molar-refractivity contribution in [1.82, 2.24) is 9.62 Å². The molecule has 1 rings (SSSR count). The zero-order valence-electron chi connectivity index (χ0n) is 11.8. The van der Waals surface area contributed by atoms with Gasteiger partial charge in [-0.3, -0.25) is 0 Å². The predicted octanol–water partition coefficient (Wildman–Crippen LogP) is 2.44. The van der Waals surface area contributed by atoms with Crippen LogP contribution >= 0.6 is 11.3 Å². The molecule has 0 saturated heterocycles. The molecule has 1 heterocycles. The van der Waals surface area contributed by atoms with Crippen molar-refractivity contribution >= 4 is 21.4 Å². The highest BCUT2D eigenvalue weighted by molar-refractivity contribution is 7.89. The molecule has 0 radical (unpaired) electrons. The molecule has 4 nitrogen and oxygen atoms in total. The smallest absolute Gasteiger partial charge is 0.252 e. The number of aryl methyl sites for hydroxylation is 1. The maximum absolute atomic E-state index is 12.3. The Morgan fingerprint density at radius 1 is 1.45 bits per heavy atom. The van der Waals surface area contributed by atoms with Crippen molar-refractivity contribution in [2.45, 2.75) is 38.1 Å². The fraction of sp³-hybridized carbons (Fsp3) is 0.667. The molecule has 0 aliphatic carbocycles. The van der Waals surface area contributed by atoms with E-state index in [0.717, 1.165) is 17.8 Å². The standard InChI is InChI=1S/C12H20F2N2O2S2/c1-4-5-15-7-10-6-11(9(2)19-10)20(17,18)16(3)8-12(13)14/h6,12,15H,4-5,7-8H2,1-3H3. The second-order valence-electron chi connectivity index (χ2n) is 4.49. The van der Waals surface area contributed by atoms with Crippen molar-refractivity contribution in [3.05, 3.63) is 15.8 Å². The number of hydrogen-bond donors (Lipinski definition) is 1. The number of halogens is 2. The molecule has 0 bridgehead atoms. The third kappa shape index (κ3) is 4.47. The van der Waals surface area contributed by atoms with Gasteiger partial charge in [-0.05, 0) is 26.0 Å². The Morgan fingerprint density at radius 2 is 2.10 bits per heavy atom. The monoisotopic (exact) mass is 326 g/mol. The highest BCUT2D eigenvalue weighted by Gasteiger charge is 2.26. The normalized spacial score (nSPS) is 12.6. The van der Waals surface area contributed by atoms with Gasteiger partial charge < -0.3 is 5.32 Å². The van der Waals surface area contributed by atoms with E-state index in [2.05, 4.69) is 5.32 Å². The van der Waals surface area contributed by atoms with Gasteiger partial charge in [-0.15, -0.1) is 11.3 Å². The zero-order valence-corrected chi connectivity index (χ0v) is 13.5. The summed E-state index contributed by atoms with van der Waals surface area (Å²) in [5.74, 6) is 0. The molecule has 0 spiro atoms. The zero-order chi connectivity index (χ0) is 15.3. The van der Waals surface area contributed by atoms with Gasteiger partial charge in [0, 0.05) is 23.3 Å². The molecule has 0 atom stereocenters. The predicted molar refractivity (Wildman–Crippen MR) is 76.9 cm³/mol. The van der Waals surface area contributed by atoms with E-state index >= 15 is 0 Å². The number of nitrogens with zero attached hydrogens (tertiary/aromatic N) is 1. The molecule has 0 unspecified atom stereocenters. The first-order valence-corrected chi connectivity index (χ1v) is 8.59. The van der Waals surface area contributed by atoms with Crippen LogP contribution < -0.4 is 5.32 Å². The van der Waals surface area contributed by atoms with Crippen molar-refractivity contribution in [3.63, 3.8) is 0 Å². The summed E-state index contributed by atoms with van der Waals surface area (Å²) in [7, 11) is -2.66. The van der Waals surface area contributed by atoms with Crippen LogP contribution in [0.15, 0.2) is 11.0 Å². The quantitative estimate of drug-likeness (QED) is 0.747. The van der Waals surface area contributed by atoms with Gasteiger partial charge in [0.05, 0.1) is 11.4 Å². The summed E-state index contributed by atoms with van der Waals surface area (Å²) in [4.78, 5) is 1.64. The summed E-state index contributed by atoms with van der Waals surface area (Å²) in [6.45, 7) is 4.39. The van der Waals surface area contributed by atoms with Crippen LogP contribution in [0.5, 0.6) is 0 Å². The molecule has 116 valence electrons. The highest BCUT2D eigenvalue weighted by atomic mass is 32.2. The maximum atomic E-state index is 12.3. The summed E-state index contributed by atoms with van der Waals surface area (Å²) in [5.41, 5.74) is 0. The van der Waals surface area contributed by atoms with Crippen LogP contribution in [-0.2, 0) is 16.6 Å². The van der Waals surface area contributed by atoms with E-state index in [9.17, 15) is 17.2 Å². The number of alkyl halides is 2. The topological polar surface area (TPSA) is 49.4 Å². The first kappa shape index (κ1) is 17.5. The minimum Gasteiger partial charge on any atom is -0.312 e. The fourth-order valence-corrected chi connectivity index (χ4v) is 4.43. The van der Waals surface area contributed by atoms with Crippen LogP contribution in [0.1, 0.15) is 23.1 Å². The lowest BCUT2D eigenvalue weighted by molar-refractivity contribution is 0.126. The highest BCUT2D eigenvalue weighted by Crippen LogP contribution is 2.28. The van der Waals surface area contributed by atoms with Gasteiger partial charge in [0.15, 0.2) is 0 Å². The van der Waals surface area contributed by atoms with Crippen molar-refractivity contribution in [2.75, 3.05) is 20.1 Å². The lowest BCUT2D eigenvalue weighted by Crippen LogP contribution is -2.31. The average Bonchev–Trinajstić information content (AvgIpc) is 2.70. The first-order valence-electron chi connectivity index (χ1n) is 6.33. The molecule has 8 heteroatoms. The largest absolute Gasteiger partial charge is 0.312 e. The van der Waals surface area contributed by atoms with Gasteiger partial charge in [0.25, 0.3) is 6.43 Å². The van der Waals surface area contributed by atoms with E-state index in [0.29, 0.717) is 15.7 Å². The van der Waals surface area contributed by atoms with E-state index < -0.39 is 23.0 Å². The van der Waals surface area contributed by atoms with Crippen LogP contribution in [0.2, 0.25) is 0 Å². The first-order chi connectivity index (χ1) is 9.28. The molecular weight excluding hydrogens is 306 g/mol. The molecule has 1 N–H and O–H groups in total. The maximum Gasteiger partial charge on any atom is 0.252 e. The summed E-state index contributed by atoms with van der Waals surface area (Å²) in [6.07, 6.45) is -1.69. The van der Waals surface area contributed by atoms with E-state index in [-0.39, 0.29) is 4.90 Å². The van der Waals surface area contributed by atoms with Gasteiger partial charge in [-0.25, -0.2) is 17.2 Å². The molecule has 0 amide bonds. The van der Waals surface area contributed by atoms with Crippen molar-refractivity contribution in [2.24, 2.45) is 0 Å². The molecule has 20 heavy (non-hydrogen) atoms. The lowest BCUT2D eigenvalue weighted by Gasteiger charge is -2.16. The third-order valence-electron chi connectivity index (χ3n) is 2.73. The summed E-state index contributed by atoms with van der Waals surface area (Å²) in [5, 5.41) is 3.19. The van der Waals surface area contributed by atoms with E-state index in [1.165, 1.54) is 18.4 Å². The summed E-state index contributed by atoms with van der Waals surface area (Å²) >= 11 is 1.37. The molecule has 0 aromatic carbocycles. The van der Waals surface area contributed by atoms with Crippen LogP contribution in [0.25, 0.3) is 0 Å². The van der Waals surface area contributed by atoms with Gasteiger partial charge in [0.1, 0.15) is 0 Å². The Hall–Kier alpha value is -0.570. The number of sulfonamides is 1. The van der Waals surface area contributed by atoms with Gasteiger partial charge in [0.2, 0.25) is 10.0 Å². The third-order valence-corrected chi connectivity index (χ3v) is 5.86. The van der Waals surface area contributed by atoms with Crippen molar-refractivity contribution in [1.29, 1.82) is 0 Å². The Morgan fingerprint density at radius 3 is 2.65 bits per heavy atom. The Bertz CT molecular complexity index is 530. The summed E-state index contributed by atoms with van der Waals surface area (Å²) in [6, 6.07) is 1.57. The summed E-state index contributed by atoms with van der Waals surface area (Å²) < 4.78 is 49.8. The molecule has 1 aromatic rings. The van der Waals surface area contributed by atoms with Crippen molar-refractivity contribution < 1.29 is 17.2 Å². The van der Waals surface area contributed by atoms with Gasteiger partial charge in [-0.2, -0.15) is 4.31 Å². The number of hydrogen-bond acceptors (Lipinski definition) is 4. The average molecular weight is 326 g/mol. The van der Waals surface area contributed by atoms with Gasteiger partial charge >= 0.3 is 0 Å². The van der Waals surface area contributed by atoms with E-state index in [1.54, 1.807) is 13.0 Å². The molecule has 0 saturated carbocycles. The molecule has 0 fully saturated rings. The number of nitrogens with one attached hydrogen (secondary N) is 1. The van der Waals surface area contributed by atoms with Crippen LogP contribution in [0.4, 0.5) is 8.78 Å². The number of rotatable bonds is 8. The molecule has 0 aliphatic heterocycles. The number of thiophene rings is 1. The van der Waals surface area contributed by atoms with E-state index in [4.69, 9.17) is 0 Å². The second kappa shape index (κ2) is 7.44. The SMILES string of the molecule is CCCNCc1cc(S(=O)(=O)N(C)CC(F)F)c(C)s1. The molecular formula is C12H20F2N2O2S2. The second-order valence-corrected chi connectivity index (χ2v) is 7.84. The fourth-order valence-electron chi connectivity index (χ4n) is 1.72. The Kier molecular flexibility index (Phi) is 6.50. The Balaban J connectivity index is 2.89. The van der Waals surface area contributed by atoms with Crippen LogP contribution in [0.3, 0.4) is 0 Å².